The topological polar surface area (TPSA) is 110 Å². The molecule has 1 aromatic heterocycles. The van der Waals surface area contributed by atoms with Crippen molar-refractivity contribution in [2.45, 2.75) is 0 Å². The van der Waals surface area contributed by atoms with Gasteiger partial charge in [0.15, 0.2) is 0 Å². The minimum absolute atomic E-state index is 0.0660. The molecule has 0 bridgehead atoms. The number of nitrogens with two attached hydrogens (primary N) is 2. The molecule has 0 saturated carbocycles. The second kappa shape index (κ2) is 3.25. The highest BCUT2D eigenvalue weighted by atomic mass is 32.1. The first kappa shape index (κ1) is 9.22. The molecular weight excluding hydrogens is 190 g/mol. The third kappa shape index (κ3) is 1.65. The van der Waals surface area contributed by atoms with Crippen LogP contribution in [0.25, 0.3) is 0 Å². The van der Waals surface area contributed by atoms with Crippen LogP contribution in [0.2, 0.25) is 0 Å². The van der Waals surface area contributed by atoms with E-state index in [1.165, 1.54) is 6.07 Å². The van der Waals surface area contributed by atoms with Gasteiger partial charge in [0.05, 0.1) is 10.4 Å². The van der Waals surface area contributed by atoms with Crippen molar-refractivity contribution in [3.05, 3.63) is 21.4 Å². The lowest BCUT2D eigenvalue weighted by Crippen LogP contribution is -2.10. The van der Waals surface area contributed by atoms with Crippen LogP contribution in [0.4, 0.5) is 0 Å². The highest BCUT2D eigenvalue weighted by Crippen LogP contribution is 2.20. The lowest BCUT2D eigenvalue weighted by Gasteiger charge is -1.86. The standard InChI is InChI=1S/C7H5N3O2S/c8-2-3-1-4(6(9)11)13-5(3)7(10)12/h1H,(H2,9,11)(H2,10,12). The van der Waals surface area contributed by atoms with Crippen LogP contribution in [0, 0.1) is 11.3 Å². The summed E-state index contributed by atoms with van der Waals surface area (Å²) < 4.78 is 0. The van der Waals surface area contributed by atoms with E-state index in [2.05, 4.69) is 0 Å². The number of nitriles is 1. The summed E-state index contributed by atoms with van der Waals surface area (Å²) >= 11 is 0.829. The van der Waals surface area contributed by atoms with Crippen LogP contribution in [-0.4, -0.2) is 11.8 Å². The van der Waals surface area contributed by atoms with E-state index in [0.29, 0.717) is 0 Å². The Bertz CT molecular complexity index is 416. The van der Waals surface area contributed by atoms with Crippen molar-refractivity contribution in [1.29, 1.82) is 5.26 Å². The molecular formula is C7H5N3O2S. The molecule has 0 fully saturated rings. The first-order valence-corrected chi connectivity index (χ1v) is 4.01. The largest absolute Gasteiger partial charge is 0.365 e. The molecule has 0 radical (unpaired) electrons. The molecule has 1 aromatic rings. The minimum atomic E-state index is -0.728. The summed E-state index contributed by atoms with van der Waals surface area (Å²) in [6.45, 7) is 0. The molecule has 0 aliphatic rings. The Morgan fingerprint density at radius 1 is 1.38 bits per heavy atom. The van der Waals surface area contributed by atoms with E-state index in [9.17, 15) is 9.59 Å². The molecule has 0 saturated heterocycles. The van der Waals surface area contributed by atoms with Crippen molar-refractivity contribution >= 4 is 23.2 Å². The van der Waals surface area contributed by atoms with Crippen molar-refractivity contribution < 1.29 is 9.59 Å². The fourth-order valence-corrected chi connectivity index (χ4v) is 1.59. The molecule has 2 amide bonds. The van der Waals surface area contributed by atoms with Crippen molar-refractivity contribution in [3.8, 4) is 6.07 Å². The van der Waals surface area contributed by atoms with Crippen LogP contribution in [0.3, 0.4) is 0 Å². The van der Waals surface area contributed by atoms with Gasteiger partial charge in [0.1, 0.15) is 10.9 Å². The van der Waals surface area contributed by atoms with E-state index in [4.69, 9.17) is 16.7 Å². The van der Waals surface area contributed by atoms with Crippen LogP contribution < -0.4 is 11.5 Å². The van der Waals surface area contributed by atoms with Gasteiger partial charge in [-0.25, -0.2) is 0 Å². The zero-order valence-electron chi connectivity index (χ0n) is 6.40. The molecule has 0 aliphatic heterocycles. The normalized spacial score (nSPS) is 9.15. The maximum absolute atomic E-state index is 10.7. The first-order valence-electron chi connectivity index (χ1n) is 3.19. The van der Waals surface area contributed by atoms with Gasteiger partial charge in [-0.1, -0.05) is 0 Å². The average molecular weight is 195 g/mol. The van der Waals surface area contributed by atoms with Gasteiger partial charge in [0, 0.05) is 0 Å². The molecule has 1 rings (SSSR count). The van der Waals surface area contributed by atoms with E-state index in [1.807, 2.05) is 0 Å². The number of amides is 2. The quantitative estimate of drug-likeness (QED) is 0.682. The fraction of sp³-hybridized carbons (Fsp3) is 0. The SMILES string of the molecule is N#Cc1cc(C(N)=O)sc1C(N)=O. The monoisotopic (exact) mass is 195 g/mol. The van der Waals surface area contributed by atoms with E-state index in [1.54, 1.807) is 6.07 Å². The van der Waals surface area contributed by atoms with Crippen molar-refractivity contribution in [2.75, 3.05) is 0 Å². The van der Waals surface area contributed by atoms with Gasteiger partial charge in [-0.15, -0.1) is 11.3 Å². The predicted molar refractivity (Wildman–Crippen MR) is 46.1 cm³/mol. The van der Waals surface area contributed by atoms with E-state index in [-0.39, 0.29) is 15.3 Å². The first-order chi connectivity index (χ1) is 6.06. The molecule has 0 atom stereocenters. The Morgan fingerprint density at radius 2 is 2.00 bits per heavy atom. The maximum Gasteiger partial charge on any atom is 0.260 e. The number of carbonyl (C=O) groups is 2. The smallest absolute Gasteiger partial charge is 0.260 e. The van der Waals surface area contributed by atoms with Gasteiger partial charge in [0.25, 0.3) is 11.8 Å². The van der Waals surface area contributed by atoms with E-state index in [0.717, 1.165) is 11.3 Å². The molecule has 0 aromatic carbocycles. The molecule has 1 heterocycles. The lowest BCUT2D eigenvalue weighted by molar-refractivity contribution is 0.0996. The van der Waals surface area contributed by atoms with E-state index < -0.39 is 11.8 Å². The average Bonchev–Trinajstić information content (AvgIpc) is 2.47. The Balaban J connectivity index is 3.29. The van der Waals surface area contributed by atoms with Gasteiger partial charge in [-0.2, -0.15) is 5.26 Å². The van der Waals surface area contributed by atoms with Gasteiger partial charge in [0.2, 0.25) is 0 Å². The Labute approximate surface area is 77.6 Å². The van der Waals surface area contributed by atoms with Crippen molar-refractivity contribution in [1.82, 2.24) is 0 Å². The van der Waals surface area contributed by atoms with Gasteiger partial charge in [-0.3, -0.25) is 9.59 Å². The van der Waals surface area contributed by atoms with Gasteiger partial charge >= 0.3 is 0 Å². The molecule has 4 N–H and O–H groups in total. The number of primary amides is 2. The minimum Gasteiger partial charge on any atom is -0.365 e. The van der Waals surface area contributed by atoms with Crippen LogP contribution in [0.5, 0.6) is 0 Å². The molecule has 6 heteroatoms. The van der Waals surface area contributed by atoms with Crippen LogP contribution in [0.1, 0.15) is 24.9 Å². The molecule has 66 valence electrons. The number of nitrogens with zero attached hydrogens (tertiary/aromatic N) is 1. The Morgan fingerprint density at radius 3 is 2.31 bits per heavy atom. The summed E-state index contributed by atoms with van der Waals surface area (Å²) in [6, 6.07) is 3.01. The van der Waals surface area contributed by atoms with E-state index >= 15 is 0 Å². The molecule has 0 aliphatic carbocycles. The summed E-state index contributed by atoms with van der Waals surface area (Å²) in [6.07, 6.45) is 0. The lowest BCUT2D eigenvalue weighted by atomic mass is 10.2. The predicted octanol–water partition coefficient (Wildman–Crippen LogP) is -0.182. The highest BCUT2D eigenvalue weighted by molar-refractivity contribution is 7.16. The van der Waals surface area contributed by atoms with Crippen LogP contribution in [-0.2, 0) is 0 Å². The maximum atomic E-state index is 10.7. The van der Waals surface area contributed by atoms with Crippen molar-refractivity contribution in [3.63, 3.8) is 0 Å². The number of rotatable bonds is 2. The van der Waals surface area contributed by atoms with Gasteiger partial charge in [-0.05, 0) is 6.07 Å². The number of thiophene rings is 1. The molecule has 13 heavy (non-hydrogen) atoms. The zero-order valence-corrected chi connectivity index (χ0v) is 7.22. The molecule has 0 unspecified atom stereocenters. The second-order valence-corrected chi connectivity index (χ2v) is 3.25. The Hall–Kier alpha value is -1.87. The Kier molecular flexibility index (Phi) is 2.30. The summed E-state index contributed by atoms with van der Waals surface area (Å²) in [4.78, 5) is 21.6. The molecule has 5 nitrogen and oxygen atoms in total. The zero-order chi connectivity index (χ0) is 10.0. The summed E-state index contributed by atoms with van der Waals surface area (Å²) in [5, 5.41) is 8.56. The third-order valence-electron chi connectivity index (χ3n) is 1.32. The molecule has 0 spiro atoms. The summed E-state index contributed by atoms with van der Waals surface area (Å²) in [5.41, 5.74) is 10.0. The summed E-state index contributed by atoms with van der Waals surface area (Å²) in [7, 11) is 0. The number of hydrogen-bond acceptors (Lipinski definition) is 4. The number of carbonyl (C=O) groups excluding carboxylic acids is 2. The fourth-order valence-electron chi connectivity index (χ4n) is 0.779. The van der Waals surface area contributed by atoms with Gasteiger partial charge < -0.3 is 11.5 Å². The van der Waals surface area contributed by atoms with Crippen molar-refractivity contribution in [2.24, 2.45) is 11.5 Å². The van der Waals surface area contributed by atoms with Crippen LogP contribution in [0.15, 0.2) is 6.07 Å². The van der Waals surface area contributed by atoms with Crippen LogP contribution >= 0.6 is 11.3 Å². The highest BCUT2D eigenvalue weighted by Gasteiger charge is 2.15. The summed E-state index contributed by atoms with van der Waals surface area (Å²) in [5.74, 6) is -1.40. The second-order valence-electron chi connectivity index (χ2n) is 2.19. The third-order valence-corrected chi connectivity index (χ3v) is 2.48. The number of hydrogen-bond donors (Lipinski definition) is 2.